The summed E-state index contributed by atoms with van der Waals surface area (Å²) in [5.74, 6) is 0. The van der Waals surface area contributed by atoms with Crippen LogP contribution in [-0.4, -0.2) is 28.9 Å². The van der Waals surface area contributed by atoms with Crippen LogP contribution >= 0.6 is 11.3 Å². The summed E-state index contributed by atoms with van der Waals surface area (Å²) < 4.78 is 10.4. The van der Waals surface area contributed by atoms with Crippen molar-refractivity contribution in [3.8, 4) is 11.3 Å². The van der Waals surface area contributed by atoms with Gasteiger partial charge in [0, 0.05) is 49.6 Å². The molecule has 0 amide bonds. The standard InChI is InChI=1S/C16H23N3OS/c1-11-8-14(15-10-21-16(17-3)18(15)4)12(2)19(11)9-13-6-5-7-20-13/h8,10,13H,5-7,9H2,1-4H3/t13-/m1/s1. The van der Waals surface area contributed by atoms with Crippen molar-refractivity contribution < 1.29 is 4.74 Å². The summed E-state index contributed by atoms with van der Waals surface area (Å²) in [7, 11) is 3.93. The second-order valence-corrected chi connectivity index (χ2v) is 6.55. The molecule has 0 aliphatic carbocycles. The van der Waals surface area contributed by atoms with Gasteiger partial charge in [-0.1, -0.05) is 0 Å². The van der Waals surface area contributed by atoms with Crippen molar-refractivity contribution in [1.82, 2.24) is 9.13 Å². The lowest BCUT2D eigenvalue weighted by atomic mass is 10.2. The van der Waals surface area contributed by atoms with Gasteiger partial charge in [-0.25, -0.2) is 0 Å². The van der Waals surface area contributed by atoms with Gasteiger partial charge in [0.25, 0.3) is 0 Å². The summed E-state index contributed by atoms with van der Waals surface area (Å²) in [5, 5.41) is 2.19. The average Bonchev–Trinajstić information content (AvgIpc) is 3.16. The zero-order chi connectivity index (χ0) is 15.0. The third-order valence-corrected chi connectivity index (χ3v) is 5.38. The molecule has 21 heavy (non-hydrogen) atoms. The molecule has 1 aliphatic heterocycles. The van der Waals surface area contributed by atoms with Crippen molar-refractivity contribution in [2.24, 2.45) is 12.0 Å². The van der Waals surface area contributed by atoms with Crippen LogP contribution in [0.3, 0.4) is 0 Å². The Morgan fingerprint density at radius 2 is 2.24 bits per heavy atom. The summed E-state index contributed by atoms with van der Waals surface area (Å²) in [6.45, 7) is 6.27. The molecule has 1 aliphatic rings. The van der Waals surface area contributed by atoms with E-state index in [0.717, 1.165) is 18.0 Å². The molecule has 0 bridgehead atoms. The van der Waals surface area contributed by atoms with Crippen LogP contribution in [0.5, 0.6) is 0 Å². The second kappa shape index (κ2) is 5.81. The zero-order valence-electron chi connectivity index (χ0n) is 13.2. The van der Waals surface area contributed by atoms with E-state index in [0.29, 0.717) is 6.10 Å². The Morgan fingerprint density at radius 1 is 1.43 bits per heavy atom. The lowest BCUT2D eigenvalue weighted by molar-refractivity contribution is 0.0962. The van der Waals surface area contributed by atoms with Gasteiger partial charge in [-0.15, -0.1) is 11.3 Å². The molecule has 3 heterocycles. The van der Waals surface area contributed by atoms with Crippen LogP contribution in [0.25, 0.3) is 11.3 Å². The molecule has 0 radical (unpaired) electrons. The van der Waals surface area contributed by atoms with Gasteiger partial charge in [0.2, 0.25) is 0 Å². The van der Waals surface area contributed by atoms with Gasteiger partial charge in [-0.05, 0) is 32.8 Å². The Bertz CT molecular complexity index is 702. The molecule has 0 N–H and O–H groups in total. The molecule has 0 saturated carbocycles. The largest absolute Gasteiger partial charge is 0.376 e. The molecular weight excluding hydrogens is 282 g/mol. The predicted octanol–water partition coefficient (Wildman–Crippen LogP) is 2.88. The second-order valence-electron chi connectivity index (χ2n) is 5.72. The Kier molecular flexibility index (Phi) is 4.04. The quantitative estimate of drug-likeness (QED) is 0.858. The fraction of sp³-hybridized carbons (Fsp3) is 0.562. The van der Waals surface area contributed by atoms with Gasteiger partial charge in [0.1, 0.15) is 0 Å². The average molecular weight is 305 g/mol. The summed E-state index contributed by atoms with van der Waals surface area (Å²) in [6.07, 6.45) is 2.75. The van der Waals surface area contributed by atoms with Crippen molar-refractivity contribution in [3.05, 3.63) is 27.6 Å². The molecular formula is C16H23N3OS. The number of hydrogen-bond acceptors (Lipinski definition) is 3. The number of ether oxygens (including phenoxy) is 1. The molecule has 114 valence electrons. The van der Waals surface area contributed by atoms with Gasteiger partial charge >= 0.3 is 0 Å². The molecule has 3 rings (SSSR count). The number of thiazole rings is 1. The van der Waals surface area contributed by atoms with Crippen molar-refractivity contribution >= 4 is 11.3 Å². The highest BCUT2D eigenvalue weighted by atomic mass is 32.1. The molecule has 0 aromatic carbocycles. The topological polar surface area (TPSA) is 31.4 Å². The minimum Gasteiger partial charge on any atom is -0.376 e. The summed E-state index contributed by atoms with van der Waals surface area (Å²) in [4.78, 5) is 5.36. The number of aryl methyl sites for hydroxylation is 1. The molecule has 0 spiro atoms. The van der Waals surface area contributed by atoms with E-state index in [1.54, 1.807) is 11.3 Å². The van der Waals surface area contributed by atoms with Crippen LogP contribution in [0.15, 0.2) is 16.4 Å². The lowest BCUT2D eigenvalue weighted by Crippen LogP contribution is -2.17. The Hall–Kier alpha value is -1.33. The first-order chi connectivity index (χ1) is 10.1. The highest BCUT2D eigenvalue weighted by Gasteiger charge is 2.20. The van der Waals surface area contributed by atoms with Crippen LogP contribution in [-0.2, 0) is 18.3 Å². The van der Waals surface area contributed by atoms with E-state index in [2.05, 4.69) is 46.5 Å². The van der Waals surface area contributed by atoms with E-state index >= 15 is 0 Å². The van der Waals surface area contributed by atoms with E-state index in [4.69, 9.17) is 4.74 Å². The van der Waals surface area contributed by atoms with E-state index in [9.17, 15) is 0 Å². The SMILES string of the molecule is CN=c1scc(-c2cc(C)n(C[C@H]3CCCO3)c2C)n1C. The number of rotatable bonds is 3. The number of aromatic nitrogens is 2. The van der Waals surface area contributed by atoms with Crippen LogP contribution in [0.2, 0.25) is 0 Å². The minimum absolute atomic E-state index is 0.375. The maximum Gasteiger partial charge on any atom is 0.184 e. The van der Waals surface area contributed by atoms with Crippen molar-refractivity contribution in [3.63, 3.8) is 0 Å². The Morgan fingerprint density at radius 3 is 2.86 bits per heavy atom. The predicted molar refractivity (Wildman–Crippen MR) is 86.7 cm³/mol. The van der Waals surface area contributed by atoms with E-state index in [1.165, 1.54) is 35.5 Å². The van der Waals surface area contributed by atoms with E-state index < -0.39 is 0 Å². The highest BCUT2D eigenvalue weighted by molar-refractivity contribution is 7.07. The van der Waals surface area contributed by atoms with Gasteiger partial charge in [-0.3, -0.25) is 4.99 Å². The number of nitrogens with zero attached hydrogens (tertiary/aromatic N) is 3. The molecule has 2 aromatic heterocycles. The van der Waals surface area contributed by atoms with Crippen molar-refractivity contribution in [2.75, 3.05) is 13.7 Å². The normalized spacial score (nSPS) is 19.6. The van der Waals surface area contributed by atoms with E-state index in [1.807, 2.05) is 7.05 Å². The fourth-order valence-electron chi connectivity index (χ4n) is 3.15. The number of hydrogen-bond donors (Lipinski definition) is 0. The van der Waals surface area contributed by atoms with Crippen LogP contribution in [0.1, 0.15) is 24.2 Å². The Labute approximate surface area is 129 Å². The maximum atomic E-state index is 5.79. The lowest BCUT2D eigenvalue weighted by Gasteiger charge is -2.15. The Balaban J connectivity index is 1.98. The molecule has 1 fully saturated rings. The van der Waals surface area contributed by atoms with Crippen molar-refractivity contribution in [1.29, 1.82) is 0 Å². The third kappa shape index (κ3) is 2.60. The molecule has 0 unspecified atom stereocenters. The highest BCUT2D eigenvalue weighted by Crippen LogP contribution is 2.28. The zero-order valence-corrected chi connectivity index (χ0v) is 14.0. The first kappa shape index (κ1) is 14.6. The van der Waals surface area contributed by atoms with Crippen molar-refractivity contribution in [2.45, 2.75) is 39.3 Å². The molecule has 2 aromatic rings. The molecule has 4 nitrogen and oxygen atoms in total. The van der Waals surface area contributed by atoms with Gasteiger partial charge in [-0.2, -0.15) is 0 Å². The minimum atomic E-state index is 0.375. The van der Waals surface area contributed by atoms with Gasteiger partial charge in [0.05, 0.1) is 11.8 Å². The molecule has 1 atom stereocenters. The first-order valence-corrected chi connectivity index (χ1v) is 8.36. The smallest absolute Gasteiger partial charge is 0.184 e. The summed E-state index contributed by atoms with van der Waals surface area (Å²) in [6, 6.07) is 2.28. The van der Waals surface area contributed by atoms with Gasteiger partial charge < -0.3 is 13.9 Å². The molecule has 5 heteroatoms. The maximum absolute atomic E-state index is 5.79. The summed E-state index contributed by atoms with van der Waals surface area (Å²) >= 11 is 1.69. The van der Waals surface area contributed by atoms with Crippen LogP contribution in [0, 0.1) is 13.8 Å². The van der Waals surface area contributed by atoms with Gasteiger partial charge in [0.15, 0.2) is 4.80 Å². The monoisotopic (exact) mass is 305 g/mol. The van der Waals surface area contributed by atoms with Crippen LogP contribution in [0.4, 0.5) is 0 Å². The van der Waals surface area contributed by atoms with E-state index in [-0.39, 0.29) is 0 Å². The molecule has 1 saturated heterocycles. The summed E-state index contributed by atoms with van der Waals surface area (Å²) in [5.41, 5.74) is 5.17. The van der Waals surface area contributed by atoms with Crippen LogP contribution < -0.4 is 4.80 Å². The fourth-order valence-corrected chi connectivity index (χ4v) is 4.01. The first-order valence-electron chi connectivity index (χ1n) is 7.48. The third-order valence-electron chi connectivity index (χ3n) is 4.38.